The SMILES string of the molecule is CC(C)(C)NCC1COC2(CCCN(C(=O)c3cnc4ccccc4c3)C2)C1.O=C(O)C(F)(F)F. The van der Waals surface area contributed by atoms with E-state index in [1.807, 2.05) is 35.2 Å². The van der Waals surface area contributed by atoms with Gasteiger partial charge in [-0.1, -0.05) is 18.2 Å². The number of para-hydroxylation sites is 1. The average molecular weight is 496 g/mol. The van der Waals surface area contributed by atoms with E-state index >= 15 is 0 Å². The van der Waals surface area contributed by atoms with E-state index in [1.165, 1.54) is 0 Å². The largest absolute Gasteiger partial charge is 0.490 e. The standard InChI is InChI=1S/C23H31N3O2.C2HF3O2/c1-22(2,3)25-13-17-12-23(28-15-17)9-6-10-26(16-23)21(27)19-11-18-7-4-5-8-20(18)24-14-19;3-2(4,5)1(6)7/h4-5,7-8,11,14,17,25H,6,9-10,12-13,15-16H2,1-3H3;(H,6,7). The number of benzene rings is 1. The monoisotopic (exact) mass is 495 g/mol. The van der Waals surface area contributed by atoms with Crippen LogP contribution in [0.25, 0.3) is 10.9 Å². The van der Waals surface area contributed by atoms with Crippen LogP contribution in [0.4, 0.5) is 13.2 Å². The zero-order chi connectivity index (χ0) is 25.9. The van der Waals surface area contributed by atoms with Crippen LogP contribution in [0.2, 0.25) is 0 Å². The lowest BCUT2D eigenvalue weighted by Crippen LogP contribution is -2.50. The fourth-order valence-electron chi connectivity index (χ4n) is 4.45. The number of likely N-dealkylation sites (tertiary alicyclic amines) is 1. The fraction of sp³-hybridized carbons (Fsp3) is 0.560. The van der Waals surface area contributed by atoms with Gasteiger partial charge in [-0.25, -0.2) is 4.79 Å². The number of halogens is 3. The summed E-state index contributed by atoms with van der Waals surface area (Å²) in [6.45, 7) is 9.80. The summed E-state index contributed by atoms with van der Waals surface area (Å²) in [6, 6.07) is 9.87. The van der Waals surface area contributed by atoms with Gasteiger partial charge in [0.1, 0.15) is 0 Å². The Balaban J connectivity index is 0.000000429. The van der Waals surface area contributed by atoms with Crippen LogP contribution in [0.15, 0.2) is 36.5 Å². The van der Waals surface area contributed by atoms with Crippen LogP contribution < -0.4 is 5.32 Å². The number of carbonyl (C=O) groups excluding carboxylic acids is 1. The zero-order valence-corrected chi connectivity index (χ0v) is 20.2. The molecule has 2 aromatic rings. The second-order valence-electron chi connectivity index (χ2n) is 10.2. The molecule has 1 amide bonds. The molecule has 2 atom stereocenters. The minimum absolute atomic E-state index is 0.0668. The Labute approximate surface area is 202 Å². The third-order valence-corrected chi connectivity index (χ3v) is 6.11. The third-order valence-electron chi connectivity index (χ3n) is 6.11. The molecule has 2 fully saturated rings. The number of aliphatic carboxylic acids is 1. The van der Waals surface area contributed by atoms with Crippen molar-refractivity contribution in [2.45, 2.75) is 57.3 Å². The first-order valence-electron chi connectivity index (χ1n) is 11.6. The molecule has 3 heterocycles. The van der Waals surface area contributed by atoms with E-state index in [0.717, 1.165) is 49.9 Å². The molecule has 7 nitrogen and oxygen atoms in total. The molecule has 1 aromatic carbocycles. The maximum absolute atomic E-state index is 13.1. The molecule has 2 unspecified atom stereocenters. The number of nitrogens with zero attached hydrogens (tertiary/aromatic N) is 2. The van der Waals surface area contributed by atoms with Crippen molar-refractivity contribution in [2.75, 3.05) is 26.2 Å². The highest BCUT2D eigenvalue weighted by molar-refractivity contribution is 5.97. The number of carboxylic acids is 1. The number of fused-ring (bicyclic) bond motifs is 1. The van der Waals surface area contributed by atoms with E-state index in [9.17, 15) is 18.0 Å². The third kappa shape index (κ3) is 7.38. The highest BCUT2D eigenvalue weighted by Crippen LogP contribution is 2.37. The van der Waals surface area contributed by atoms with E-state index in [4.69, 9.17) is 14.6 Å². The summed E-state index contributed by atoms with van der Waals surface area (Å²) >= 11 is 0. The number of rotatable bonds is 3. The number of alkyl halides is 3. The molecule has 192 valence electrons. The first kappa shape index (κ1) is 26.9. The first-order chi connectivity index (χ1) is 16.3. The predicted molar refractivity (Wildman–Crippen MR) is 125 cm³/mol. The number of aromatic nitrogens is 1. The number of carboxylic acid groups (broad SMARTS) is 1. The van der Waals surface area contributed by atoms with Gasteiger partial charge in [0.2, 0.25) is 0 Å². The molecule has 1 aromatic heterocycles. The Morgan fingerprint density at radius 1 is 1.26 bits per heavy atom. The summed E-state index contributed by atoms with van der Waals surface area (Å²) in [7, 11) is 0. The maximum atomic E-state index is 13.1. The molecule has 0 saturated carbocycles. The van der Waals surface area contributed by atoms with Crippen molar-refractivity contribution in [3.63, 3.8) is 0 Å². The minimum atomic E-state index is -5.08. The van der Waals surface area contributed by atoms with Gasteiger partial charge in [0.05, 0.1) is 23.3 Å². The van der Waals surface area contributed by atoms with Crippen molar-refractivity contribution in [3.8, 4) is 0 Å². The Morgan fingerprint density at radius 3 is 2.60 bits per heavy atom. The van der Waals surface area contributed by atoms with Gasteiger partial charge in [0.15, 0.2) is 0 Å². The summed E-state index contributed by atoms with van der Waals surface area (Å²) in [5, 5.41) is 11.7. The number of piperidine rings is 1. The summed E-state index contributed by atoms with van der Waals surface area (Å²) in [4.78, 5) is 28.5. The van der Waals surface area contributed by atoms with Crippen LogP contribution >= 0.6 is 0 Å². The smallest absolute Gasteiger partial charge is 0.475 e. The summed E-state index contributed by atoms with van der Waals surface area (Å²) in [6.07, 6.45) is -0.321. The molecule has 2 saturated heterocycles. The van der Waals surface area contributed by atoms with E-state index in [-0.39, 0.29) is 17.0 Å². The van der Waals surface area contributed by atoms with Crippen molar-refractivity contribution in [1.29, 1.82) is 0 Å². The van der Waals surface area contributed by atoms with Crippen LogP contribution in [0.3, 0.4) is 0 Å². The Hall–Kier alpha value is -2.72. The molecule has 1 spiro atoms. The zero-order valence-electron chi connectivity index (χ0n) is 20.2. The highest BCUT2D eigenvalue weighted by atomic mass is 19.4. The first-order valence-corrected chi connectivity index (χ1v) is 11.6. The second-order valence-corrected chi connectivity index (χ2v) is 10.2. The van der Waals surface area contributed by atoms with Crippen molar-refractivity contribution in [3.05, 3.63) is 42.1 Å². The topological polar surface area (TPSA) is 91.8 Å². The van der Waals surface area contributed by atoms with E-state index in [0.29, 0.717) is 18.0 Å². The number of hydrogen-bond acceptors (Lipinski definition) is 5. The molecule has 4 rings (SSSR count). The van der Waals surface area contributed by atoms with Gasteiger partial charge < -0.3 is 20.1 Å². The molecule has 10 heteroatoms. The van der Waals surface area contributed by atoms with Crippen LogP contribution in [-0.4, -0.2) is 70.4 Å². The van der Waals surface area contributed by atoms with Crippen LogP contribution in [0.1, 0.15) is 50.4 Å². The minimum Gasteiger partial charge on any atom is -0.475 e. The Bertz CT molecular complexity index is 1050. The lowest BCUT2D eigenvalue weighted by molar-refractivity contribution is -0.192. The summed E-state index contributed by atoms with van der Waals surface area (Å²) < 4.78 is 38.0. The van der Waals surface area contributed by atoms with Gasteiger partial charge in [-0.15, -0.1) is 0 Å². The molecule has 0 aliphatic carbocycles. The summed E-state index contributed by atoms with van der Waals surface area (Å²) in [5.41, 5.74) is 1.53. The van der Waals surface area contributed by atoms with Crippen LogP contribution in [0, 0.1) is 5.92 Å². The number of amides is 1. The van der Waals surface area contributed by atoms with Crippen molar-refractivity contribution in [2.24, 2.45) is 5.92 Å². The molecule has 0 radical (unpaired) electrons. The van der Waals surface area contributed by atoms with E-state index < -0.39 is 12.1 Å². The summed E-state index contributed by atoms with van der Waals surface area (Å²) in [5.74, 6) is -2.18. The van der Waals surface area contributed by atoms with Crippen molar-refractivity contribution in [1.82, 2.24) is 15.2 Å². The van der Waals surface area contributed by atoms with Gasteiger partial charge in [-0.2, -0.15) is 13.2 Å². The average Bonchev–Trinajstić information content (AvgIpc) is 3.18. The van der Waals surface area contributed by atoms with E-state index in [1.54, 1.807) is 6.20 Å². The fourth-order valence-corrected chi connectivity index (χ4v) is 4.45. The van der Waals surface area contributed by atoms with Gasteiger partial charge in [0.25, 0.3) is 5.91 Å². The molecular weight excluding hydrogens is 463 g/mol. The highest BCUT2D eigenvalue weighted by Gasteiger charge is 2.44. The second kappa shape index (κ2) is 10.5. The normalized spacial score (nSPS) is 22.7. The number of hydrogen-bond donors (Lipinski definition) is 2. The van der Waals surface area contributed by atoms with Crippen LogP contribution in [-0.2, 0) is 9.53 Å². The van der Waals surface area contributed by atoms with Gasteiger partial charge in [-0.3, -0.25) is 9.78 Å². The Kier molecular flexibility index (Phi) is 8.06. The Morgan fingerprint density at radius 2 is 1.94 bits per heavy atom. The molecular formula is C25H32F3N3O4. The van der Waals surface area contributed by atoms with Gasteiger partial charge >= 0.3 is 12.1 Å². The van der Waals surface area contributed by atoms with Crippen molar-refractivity contribution < 1.29 is 32.6 Å². The molecule has 0 bridgehead atoms. The number of pyridine rings is 1. The molecule has 2 N–H and O–H groups in total. The predicted octanol–water partition coefficient (Wildman–Crippen LogP) is 4.27. The number of ether oxygens (including phenoxy) is 1. The van der Waals surface area contributed by atoms with Gasteiger partial charge in [0, 0.05) is 36.8 Å². The van der Waals surface area contributed by atoms with E-state index in [2.05, 4.69) is 31.1 Å². The molecule has 35 heavy (non-hydrogen) atoms. The molecule has 2 aliphatic rings. The quantitative estimate of drug-likeness (QED) is 0.661. The van der Waals surface area contributed by atoms with Gasteiger partial charge in [-0.05, 0) is 58.1 Å². The van der Waals surface area contributed by atoms with Crippen LogP contribution in [0.5, 0.6) is 0 Å². The number of nitrogens with one attached hydrogen (secondary N) is 1. The molecule has 2 aliphatic heterocycles. The lowest BCUT2D eigenvalue weighted by atomic mass is 9.86. The number of carbonyl (C=O) groups is 2. The van der Waals surface area contributed by atoms with Crippen molar-refractivity contribution >= 4 is 22.8 Å². The maximum Gasteiger partial charge on any atom is 0.490 e. The lowest BCUT2D eigenvalue weighted by Gasteiger charge is -2.40.